The quantitative estimate of drug-likeness (QED) is 0.703. The second-order valence-electron chi connectivity index (χ2n) is 7.48. The molecule has 1 saturated heterocycles. The summed E-state index contributed by atoms with van der Waals surface area (Å²) >= 11 is 0. The van der Waals surface area contributed by atoms with Crippen molar-refractivity contribution in [3.63, 3.8) is 0 Å². The van der Waals surface area contributed by atoms with Gasteiger partial charge in [-0.25, -0.2) is 0 Å². The van der Waals surface area contributed by atoms with E-state index >= 15 is 0 Å². The lowest BCUT2D eigenvalue weighted by atomic mass is 9.90. The molecule has 0 bridgehead atoms. The second kappa shape index (κ2) is 10.1. The van der Waals surface area contributed by atoms with Gasteiger partial charge in [0.1, 0.15) is 5.69 Å². The van der Waals surface area contributed by atoms with Gasteiger partial charge in [0.25, 0.3) is 5.91 Å². The molecule has 0 aliphatic carbocycles. The molecule has 3 rings (SSSR count). The number of carbonyl (C=O) groups is 1. The first-order chi connectivity index (χ1) is 13.3. The Morgan fingerprint density at radius 1 is 1.15 bits per heavy atom. The van der Waals surface area contributed by atoms with E-state index in [9.17, 15) is 4.79 Å². The number of nitrogens with one attached hydrogen (secondary N) is 1. The Morgan fingerprint density at radius 2 is 1.93 bits per heavy atom. The van der Waals surface area contributed by atoms with Crippen molar-refractivity contribution >= 4 is 11.6 Å². The zero-order chi connectivity index (χ0) is 18.9. The number of carbonyl (C=O) groups excluding carboxylic acids is 1. The first-order valence-electron chi connectivity index (χ1n) is 10.3. The van der Waals surface area contributed by atoms with E-state index in [0.29, 0.717) is 5.69 Å². The minimum Gasteiger partial charge on any atom is -0.371 e. The van der Waals surface area contributed by atoms with Crippen molar-refractivity contribution in [1.82, 2.24) is 10.3 Å². The number of hydrogen-bond acceptors (Lipinski definition) is 3. The summed E-state index contributed by atoms with van der Waals surface area (Å²) in [4.78, 5) is 19.0. The fraction of sp³-hybridized carbons (Fsp3) is 0.478. The van der Waals surface area contributed by atoms with Crippen LogP contribution in [-0.2, 0) is 6.42 Å². The highest BCUT2D eigenvalue weighted by Crippen LogP contribution is 2.25. The van der Waals surface area contributed by atoms with Gasteiger partial charge in [0, 0.05) is 31.5 Å². The van der Waals surface area contributed by atoms with Crippen LogP contribution in [0.5, 0.6) is 0 Å². The predicted molar refractivity (Wildman–Crippen MR) is 111 cm³/mol. The standard InChI is InChI=1S/C23H31N3O/c1-2-3-7-13-25-23(27)22-18-21(10-14-24-22)26-15-11-20(12-16-26)17-19-8-5-4-6-9-19/h4-6,8-10,14,18,20H,2-3,7,11-13,15-17H2,1H3,(H,25,27). The number of nitrogens with zero attached hydrogens (tertiary/aromatic N) is 2. The molecular weight excluding hydrogens is 334 g/mol. The smallest absolute Gasteiger partial charge is 0.269 e. The number of hydrogen-bond donors (Lipinski definition) is 1. The predicted octanol–water partition coefficient (Wildman–Crippen LogP) is 4.46. The molecule has 2 aromatic rings. The summed E-state index contributed by atoms with van der Waals surface area (Å²) in [6.45, 7) is 4.97. The van der Waals surface area contributed by atoms with Crippen LogP contribution < -0.4 is 10.2 Å². The van der Waals surface area contributed by atoms with Crippen molar-refractivity contribution in [3.8, 4) is 0 Å². The average Bonchev–Trinajstić information content (AvgIpc) is 2.72. The topological polar surface area (TPSA) is 45.2 Å². The van der Waals surface area contributed by atoms with E-state index in [-0.39, 0.29) is 5.91 Å². The summed E-state index contributed by atoms with van der Waals surface area (Å²) in [5.41, 5.74) is 3.07. The van der Waals surface area contributed by atoms with E-state index in [0.717, 1.165) is 56.9 Å². The molecule has 1 fully saturated rings. The van der Waals surface area contributed by atoms with Crippen molar-refractivity contribution in [1.29, 1.82) is 0 Å². The van der Waals surface area contributed by atoms with Crippen LogP contribution in [0, 0.1) is 5.92 Å². The molecule has 0 saturated carbocycles. The maximum atomic E-state index is 12.3. The molecule has 1 aromatic carbocycles. The average molecular weight is 366 g/mol. The van der Waals surface area contributed by atoms with Gasteiger partial charge in [0.2, 0.25) is 0 Å². The van der Waals surface area contributed by atoms with Gasteiger partial charge in [-0.2, -0.15) is 0 Å². The number of benzene rings is 1. The van der Waals surface area contributed by atoms with E-state index in [1.807, 2.05) is 12.1 Å². The maximum Gasteiger partial charge on any atom is 0.269 e. The number of rotatable bonds is 8. The van der Waals surface area contributed by atoms with E-state index in [1.165, 1.54) is 18.4 Å². The normalized spacial score (nSPS) is 14.9. The van der Waals surface area contributed by atoms with Crippen molar-refractivity contribution in [2.45, 2.75) is 45.4 Å². The third-order valence-electron chi connectivity index (χ3n) is 5.39. The van der Waals surface area contributed by atoms with Crippen LogP contribution in [0.1, 0.15) is 55.1 Å². The third kappa shape index (κ3) is 5.81. The van der Waals surface area contributed by atoms with E-state index in [2.05, 4.69) is 52.5 Å². The third-order valence-corrected chi connectivity index (χ3v) is 5.39. The van der Waals surface area contributed by atoms with Crippen LogP contribution in [0.15, 0.2) is 48.7 Å². The Kier molecular flexibility index (Phi) is 7.26. The monoisotopic (exact) mass is 365 g/mol. The van der Waals surface area contributed by atoms with E-state index < -0.39 is 0 Å². The van der Waals surface area contributed by atoms with Crippen LogP contribution >= 0.6 is 0 Å². The minimum absolute atomic E-state index is 0.0630. The first kappa shape index (κ1) is 19.4. The number of piperidine rings is 1. The molecule has 0 radical (unpaired) electrons. The van der Waals surface area contributed by atoms with Gasteiger partial charge in [-0.3, -0.25) is 9.78 Å². The highest BCUT2D eigenvalue weighted by atomic mass is 16.1. The molecule has 0 spiro atoms. The zero-order valence-electron chi connectivity index (χ0n) is 16.4. The van der Waals surface area contributed by atoms with Crippen molar-refractivity contribution in [2.75, 3.05) is 24.5 Å². The number of unbranched alkanes of at least 4 members (excludes halogenated alkanes) is 2. The molecule has 4 nitrogen and oxygen atoms in total. The van der Waals surface area contributed by atoms with Crippen LogP contribution in [-0.4, -0.2) is 30.5 Å². The van der Waals surface area contributed by atoms with E-state index in [4.69, 9.17) is 0 Å². The maximum absolute atomic E-state index is 12.3. The molecule has 1 N–H and O–H groups in total. The Balaban J connectivity index is 1.51. The lowest BCUT2D eigenvalue weighted by Crippen LogP contribution is -2.34. The molecular formula is C23H31N3O. The Bertz CT molecular complexity index is 709. The fourth-order valence-electron chi connectivity index (χ4n) is 3.75. The molecule has 4 heteroatoms. The summed E-state index contributed by atoms with van der Waals surface area (Å²) in [5, 5.41) is 2.98. The molecule has 144 valence electrons. The van der Waals surface area contributed by atoms with Gasteiger partial charge in [-0.1, -0.05) is 50.1 Å². The van der Waals surface area contributed by atoms with Crippen LogP contribution in [0.2, 0.25) is 0 Å². The number of pyridine rings is 1. The lowest BCUT2D eigenvalue weighted by Gasteiger charge is -2.33. The molecule has 0 atom stereocenters. The summed E-state index contributed by atoms with van der Waals surface area (Å²) in [7, 11) is 0. The molecule has 1 amide bonds. The molecule has 0 unspecified atom stereocenters. The summed E-state index contributed by atoms with van der Waals surface area (Å²) in [6.07, 6.45) is 8.63. The number of anilines is 1. The van der Waals surface area contributed by atoms with Gasteiger partial charge in [0.05, 0.1) is 0 Å². The largest absolute Gasteiger partial charge is 0.371 e. The molecule has 2 heterocycles. The Labute approximate surface area is 163 Å². The van der Waals surface area contributed by atoms with Gasteiger partial charge in [-0.15, -0.1) is 0 Å². The van der Waals surface area contributed by atoms with Crippen molar-refractivity contribution < 1.29 is 4.79 Å². The minimum atomic E-state index is -0.0630. The lowest BCUT2D eigenvalue weighted by molar-refractivity contribution is 0.0948. The van der Waals surface area contributed by atoms with E-state index in [1.54, 1.807) is 6.20 Å². The number of aromatic nitrogens is 1. The van der Waals surface area contributed by atoms with Crippen molar-refractivity contribution in [2.24, 2.45) is 5.92 Å². The molecule has 1 aliphatic rings. The van der Waals surface area contributed by atoms with Crippen molar-refractivity contribution in [3.05, 3.63) is 59.9 Å². The van der Waals surface area contributed by atoms with Crippen LogP contribution in [0.3, 0.4) is 0 Å². The van der Waals surface area contributed by atoms with Crippen LogP contribution in [0.4, 0.5) is 5.69 Å². The summed E-state index contributed by atoms with van der Waals surface area (Å²) in [6, 6.07) is 14.7. The second-order valence-corrected chi connectivity index (χ2v) is 7.48. The summed E-state index contributed by atoms with van der Waals surface area (Å²) < 4.78 is 0. The zero-order valence-corrected chi connectivity index (χ0v) is 16.4. The van der Waals surface area contributed by atoms with Gasteiger partial charge in [0.15, 0.2) is 0 Å². The summed E-state index contributed by atoms with van der Waals surface area (Å²) in [5.74, 6) is 0.679. The SMILES string of the molecule is CCCCCNC(=O)c1cc(N2CCC(Cc3ccccc3)CC2)ccn1. The first-order valence-corrected chi connectivity index (χ1v) is 10.3. The highest BCUT2D eigenvalue weighted by Gasteiger charge is 2.20. The van der Waals surface area contributed by atoms with Gasteiger partial charge < -0.3 is 10.2 Å². The fourth-order valence-corrected chi connectivity index (χ4v) is 3.75. The van der Waals surface area contributed by atoms with Gasteiger partial charge in [-0.05, 0) is 49.3 Å². The Hall–Kier alpha value is -2.36. The van der Waals surface area contributed by atoms with Crippen LogP contribution in [0.25, 0.3) is 0 Å². The highest BCUT2D eigenvalue weighted by molar-refractivity contribution is 5.93. The van der Waals surface area contributed by atoms with Gasteiger partial charge >= 0.3 is 0 Å². The molecule has 1 aromatic heterocycles. The Morgan fingerprint density at radius 3 is 2.67 bits per heavy atom. The molecule has 1 aliphatic heterocycles. The number of amides is 1. The molecule has 27 heavy (non-hydrogen) atoms.